The van der Waals surface area contributed by atoms with Crippen molar-refractivity contribution >= 4 is 47.8 Å². The third-order valence-corrected chi connectivity index (χ3v) is 6.17. The lowest BCUT2D eigenvalue weighted by molar-refractivity contribution is -0.357. The Labute approximate surface area is 268 Å². The van der Waals surface area contributed by atoms with Crippen molar-refractivity contribution in [2.24, 2.45) is 0 Å². The molecule has 0 spiro atoms. The second kappa shape index (κ2) is 17.5. The fourth-order valence-corrected chi connectivity index (χ4v) is 4.73. The Morgan fingerprint density at radius 1 is 0.383 bits per heavy atom. The van der Waals surface area contributed by atoms with Crippen LogP contribution in [0.4, 0.5) is 0 Å². The third kappa shape index (κ3) is 12.1. The van der Waals surface area contributed by atoms with Crippen molar-refractivity contribution in [2.75, 3.05) is 13.2 Å². The first-order valence-corrected chi connectivity index (χ1v) is 14.2. The van der Waals surface area contributed by atoms with Crippen LogP contribution in [0.25, 0.3) is 0 Å². The van der Waals surface area contributed by atoms with Gasteiger partial charge in [-0.25, -0.2) is 0 Å². The van der Waals surface area contributed by atoms with Gasteiger partial charge in [-0.1, -0.05) is 0 Å². The molecule has 0 aromatic rings. The third-order valence-electron chi connectivity index (χ3n) is 6.17. The molecule has 0 aromatic heterocycles. The number of esters is 8. The lowest BCUT2D eigenvalue weighted by Gasteiger charge is -2.48. The van der Waals surface area contributed by atoms with Crippen LogP contribution in [0.3, 0.4) is 0 Å². The summed E-state index contributed by atoms with van der Waals surface area (Å²) in [5.41, 5.74) is 0. The molecule has 0 N–H and O–H groups in total. The topological polar surface area (TPSA) is 238 Å². The van der Waals surface area contributed by atoms with Crippen LogP contribution < -0.4 is 0 Å². The van der Waals surface area contributed by atoms with E-state index in [4.69, 9.17) is 52.1 Å². The molecule has 10 atom stereocenters. The Balaban J connectivity index is 2.73. The molecule has 0 aromatic carbocycles. The van der Waals surface area contributed by atoms with Crippen molar-refractivity contribution in [2.45, 2.75) is 117 Å². The van der Waals surface area contributed by atoms with Crippen molar-refractivity contribution in [3.63, 3.8) is 0 Å². The number of carbonyl (C=O) groups is 8. The summed E-state index contributed by atoms with van der Waals surface area (Å²) in [6, 6.07) is 0. The van der Waals surface area contributed by atoms with Crippen molar-refractivity contribution < 1.29 is 90.5 Å². The molecule has 19 nitrogen and oxygen atoms in total. The summed E-state index contributed by atoms with van der Waals surface area (Å²) in [7, 11) is 0. The minimum Gasteiger partial charge on any atom is -0.463 e. The maximum Gasteiger partial charge on any atom is 0.305 e. The minimum atomic E-state index is -1.83. The maximum absolute atomic E-state index is 12.3. The van der Waals surface area contributed by atoms with E-state index in [2.05, 4.69) is 0 Å². The largest absolute Gasteiger partial charge is 0.463 e. The molecule has 2 fully saturated rings. The van der Waals surface area contributed by atoms with Crippen molar-refractivity contribution in [1.82, 2.24) is 0 Å². The van der Waals surface area contributed by atoms with E-state index in [0.29, 0.717) is 0 Å². The molecule has 19 heteroatoms. The normalized spacial score (nSPS) is 30.0. The summed E-state index contributed by atoms with van der Waals surface area (Å²) >= 11 is 0. The fourth-order valence-electron chi connectivity index (χ4n) is 4.73. The summed E-state index contributed by atoms with van der Waals surface area (Å²) in [6.45, 7) is 7.05. The SMILES string of the molecule is CC(=O)OC[C@@H]1O[C@@H](OC(C)=O)[C@@H](OC(C)=O)[C@@H](OC(C)=O)[C@H]1O[C@H]1O[C@@H](COC(C)=O)[C@@H](OC(C)=O)[C@@H](OC(C)=O)[C@H]1OC(C)=O. The van der Waals surface area contributed by atoms with Crippen LogP contribution in [-0.2, 0) is 90.5 Å². The first-order valence-electron chi connectivity index (χ1n) is 14.2. The Morgan fingerprint density at radius 3 is 1.11 bits per heavy atom. The van der Waals surface area contributed by atoms with E-state index in [9.17, 15) is 38.4 Å². The maximum atomic E-state index is 12.3. The zero-order chi connectivity index (χ0) is 35.6. The molecule has 264 valence electrons. The molecule has 0 amide bonds. The van der Waals surface area contributed by atoms with Crippen LogP contribution >= 0.6 is 0 Å². The standard InChI is InChI=1S/C28H38O19/c1-11(29)37-9-19-21(39-13(3)31)23(40-14(4)32)26(43-17(7)35)28(46-19)47-22-20(10-38-12(2)30)45-27(44-18(8)36)25(42-16(6)34)24(22)41-15(5)33/h19-28H,9-10H2,1-8H3/t19-,20-,21+,22-,23+,24-,25-,26+,27+,28+/m0/s1. The van der Waals surface area contributed by atoms with Crippen LogP contribution in [-0.4, -0.2) is 122 Å². The van der Waals surface area contributed by atoms with Crippen LogP contribution in [0.2, 0.25) is 0 Å². The summed E-state index contributed by atoms with van der Waals surface area (Å²) in [6.07, 6.45) is -16.3. The van der Waals surface area contributed by atoms with Gasteiger partial charge in [0.15, 0.2) is 30.7 Å². The first-order chi connectivity index (χ1) is 21.9. The van der Waals surface area contributed by atoms with E-state index >= 15 is 0 Å². The highest BCUT2D eigenvalue weighted by molar-refractivity contribution is 5.70. The minimum absolute atomic E-state index is 0.590. The molecule has 0 aliphatic carbocycles. The average Bonchev–Trinajstić information content (AvgIpc) is 2.91. The molecule has 0 radical (unpaired) electrons. The monoisotopic (exact) mass is 678 g/mol. The van der Waals surface area contributed by atoms with Gasteiger partial charge in [-0.2, -0.15) is 0 Å². The van der Waals surface area contributed by atoms with Gasteiger partial charge in [0.2, 0.25) is 12.4 Å². The van der Waals surface area contributed by atoms with Crippen LogP contribution in [0.15, 0.2) is 0 Å². The fraction of sp³-hybridized carbons (Fsp3) is 0.714. The Morgan fingerprint density at radius 2 is 0.702 bits per heavy atom. The van der Waals surface area contributed by atoms with Crippen LogP contribution in [0.1, 0.15) is 55.4 Å². The van der Waals surface area contributed by atoms with Gasteiger partial charge in [0.25, 0.3) is 0 Å². The molecule has 47 heavy (non-hydrogen) atoms. The quantitative estimate of drug-likeness (QED) is 0.181. The van der Waals surface area contributed by atoms with E-state index in [1.54, 1.807) is 0 Å². The van der Waals surface area contributed by atoms with E-state index < -0.39 is 122 Å². The second-order valence-electron chi connectivity index (χ2n) is 10.3. The molecule has 2 saturated heterocycles. The van der Waals surface area contributed by atoms with Gasteiger partial charge in [-0.15, -0.1) is 0 Å². The average molecular weight is 679 g/mol. The van der Waals surface area contributed by atoms with E-state index in [-0.39, 0.29) is 0 Å². The zero-order valence-electron chi connectivity index (χ0n) is 26.9. The number of rotatable bonds is 12. The summed E-state index contributed by atoms with van der Waals surface area (Å²) < 4.78 is 60.2. The highest BCUT2D eigenvalue weighted by Crippen LogP contribution is 2.35. The van der Waals surface area contributed by atoms with Crippen molar-refractivity contribution in [3.8, 4) is 0 Å². The Bertz CT molecular complexity index is 1200. The second-order valence-corrected chi connectivity index (χ2v) is 10.3. The molecule has 0 unspecified atom stereocenters. The molecule has 0 saturated carbocycles. The predicted octanol–water partition coefficient (Wildman–Crippen LogP) is -0.831. The number of hydrogen-bond donors (Lipinski definition) is 0. The number of ether oxygens (including phenoxy) is 11. The van der Waals surface area contributed by atoms with E-state index in [0.717, 1.165) is 55.4 Å². The van der Waals surface area contributed by atoms with Gasteiger partial charge in [-0.05, 0) is 0 Å². The molecule has 2 rings (SSSR count). The molecule has 0 bridgehead atoms. The van der Waals surface area contributed by atoms with Gasteiger partial charge in [-0.3, -0.25) is 38.4 Å². The lowest BCUT2D eigenvalue weighted by atomic mass is 9.96. The van der Waals surface area contributed by atoms with Gasteiger partial charge >= 0.3 is 47.8 Å². The van der Waals surface area contributed by atoms with Crippen LogP contribution in [0, 0.1) is 0 Å². The van der Waals surface area contributed by atoms with Gasteiger partial charge in [0.05, 0.1) is 0 Å². The summed E-state index contributed by atoms with van der Waals surface area (Å²) in [4.78, 5) is 96.3. The van der Waals surface area contributed by atoms with Gasteiger partial charge in [0, 0.05) is 55.4 Å². The highest BCUT2D eigenvalue weighted by Gasteiger charge is 2.58. The first kappa shape index (κ1) is 38.8. The van der Waals surface area contributed by atoms with Gasteiger partial charge < -0.3 is 52.1 Å². The van der Waals surface area contributed by atoms with Crippen molar-refractivity contribution in [3.05, 3.63) is 0 Å². The summed E-state index contributed by atoms with van der Waals surface area (Å²) in [5.74, 6) is -7.02. The Kier molecular flexibility index (Phi) is 14.5. The number of carbonyl (C=O) groups excluding carboxylic acids is 8. The molecule has 2 aliphatic rings. The Hall–Kier alpha value is -4.36. The smallest absolute Gasteiger partial charge is 0.305 e. The molecule has 2 heterocycles. The lowest BCUT2D eigenvalue weighted by Crippen LogP contribution is -2.67. The number of hydrogen-bond acceptors (Lipinski definition) is 19. The van der Waals surface area contributed by atoms with E-state index in [1.807, 2.05) is 0 Å². The predicted molar refractivity (Wildman–Crippen MR) is 145 cm³/mol. The summed E-state index contributed by atoms with van der Waals surface area (Å²) in [5, 5.41) is 0. The zero-order valence-corrected chi connectivity index (χ0v) is 26.9. The highest BCUT2D eigenvalue weighted by atomic mass is 16.8. The van der Waals surface area contributed by atoms with Crippen molar-refractivity contribution in [1.29, 1.82) is 0 Å². The van der Waals surface area contributed by atoms with E-state index in [1.165, 1.54) is 0 Å². The molecule has 2 aliphatic heterocycles. The van der Waals surface area contributed by atoms with Gasteiger partial charge in [0.1, 0.15) is 31.5 Å². The molecular formula is C28H38O19. The van der Waals surface area contributed by atoms with Crippen LogP contribution in [0.5, 0.6) is 0 Å². The molecular weight excluding hydrogens is 640 g/mol.